The summed E-state index contributed by atoms with van der Waals surface area (Å²) in [5.41, 5.74) is 2.51. The molecular formula is C25H25F2N5O3. The van der Waals surface area contributed by atoms with Crippen LogP contribution in [0.5, 0.6) is 5.75 Å². The highest BCUT2D eigenvalue weighted by molar-refractivity contribution is 5.84. The van der Waals surface area contributed by atoms with Crippen molar-refractivity contribution in [2.75, 3.05) is 38.2 Å². The Labute approximate surface area is 200 Å². The third-order valence-electron chi connectivity index (χ3n) is 6.42. The summed E-state index contributed by atoms with van der Waals surface area (Å²) in [7, 11) is 1.61. The van der Waals surface area contributed by atoms with Crippen LogP contribution >= 0.6 is 0 Å². The summed E-state index contributed by atoms with van der Waals surface area (Å²) < 4.78 is 40.1. The number of carbonyl (C=O) groups excluding carboxylic acids is 1. The number of piperazine rings is 1. The van der Waals surface area contributed by atoms with Crippen LogP contribution < -0.4 is 9.64 Å². The fourth-order valence-electron chi connectivity index (χ4n) is 4.47. The van der Waals surface area contributed by atoms with Gasteiger partial charge in [0.1, 0.15) is 11.8 Å². The Morgan fingerprint density at radius 3 is 2.51 bits per heavy atom. The standard InChI is InChI=1S/C25H25F2N5O3/c1-15(32-14-29-21-11-19(26)20(27)12-22(21)32)25(33)31-8-6-30(7-9-31)17-4-5-18(23(10-17)34-3)24-13-28-16(2)35-24/h4-5,10-15H,6-9H2,1-3H3. The van der Waals surface area contributed by atoms with Crippen molar-refractivity contribution < 1.29 is 22.7 Å². The van der Waals surface area contributed by atoms with E-state index in [-0.39, 0.29) is 5.91 Å². The molecule has 8 nitrogen and oxygen atoms in total. The molecule has 1 aliphatic rings. The van der Waals surface area contributed by atoms with E-state index >= 15 is 0 Å². The van der Waals surface area contributed by atoms with Gasteiger partial charge in [-0.2, -0.15) is 0 Å². The number of carbonyl (C=O) groups is 1. The lowest BCUT2D eigenvalue weighted by atomic mass is 10.1. The van der Waals surface area contributed by atoms with Crippen LogP contribution in [-0.2, 0) is 4.79 Å². The molecule has 10 heteroatoms. The van der Waals surface area contributed by atoms with Gasteiger partial charge in [0, 0.05) is 57.0 Å². The first-order valence-corrected chi connectivity index (χ1v) is 11.3. The van der Waals surface area contributed by atoms with Crippen molar-refractivity contribution in [3.63, 3.8) is 0 Å². The number of imidazole rings is 1. The number of ether oxygens (including phenoxy) is 1. The van der Waals surface area contributed by atoms with E-state index in [1.165, 1.54) is 6.33 Å². The molecule has 0 radical (unpaired) electrons. The highest BCUT2D eigenvalue weighted by atomic mass is 19.2. The molecule has 1 fully saturated rings. The Bertz CT molecular complexity index is 1390. The van der Waals surface area contributed by atoms with Gasteiger partial charge in [0.15, 0.2) is 23.3 Å². The Balaban J connectivity index is 1.28. The number of oxazole rings is 1. The third kappa shape index (κ3) is 4.20. The number of halogens is 2. The minimum Gasteiger partial charge on any atom is -0.496 e. The zero-order valence-corrected chi connectivity index (χ0v) is 19.7. The smallest absolute Gasteiger partial charge is 0.245 e. The van der Waals surface area contributed by atoms with Gasteiger partial charge in [-0.25, -0.2) is 18.7 Å². The summed E-state index contributed by atoms with van der Waals surface area (Å²) in [6, 6.07) is 7.43. The van der Waals surface area contributed by atoms with Gasteiger partial charge in [-0.3, -0.25) is 4.79 Å². The maximum Gasteiger partial charge on any atom is 0.245 e. The molecule has 4 aromatic rings. The van der Waals surface area contributed by atoms with Crippen molar-refractivity contribution in [2.24, 2.45) is 0 Å². The Morgan fingerprint density at radius 1 is 1.09 bits per heavy atom. The van der Waals surface area contributed by atoms with E-state index in [0.717, 1.165) is 23.4 Å². The third-order valence-corrected chi connectivity index (χ3v) is 6.42. The number of fused-ring (bicyclic) bond motifs is 1. The molecule has 0 N–H and O–H groups in total. The van der Waals surface area contributed by atoms with Gasteiger partial charge in [0.05, 0.1) is 36.2 Å². The van der Waals surface area contributed by atoms with E-state index in [4.69, 9.17) is 9.15 Å². The average Bonchev–Trinajstić information content (AvgIpc) is 3.49. The highest BCUT2D eigenvalue weighted by Gasteiger charge is 2.27. The molecule has 1 saturated heterocycles. The van der Waals surface area contributed by atoms with Crippen LogP contribution in [0.3, 0.4) is 0 Å². The summed E-state index contributed by atoms with van der Waals surface area (Å²) in [6.07, 6.45) is 3.12. The normalized spacial score (nSPS) is 15.0. The van der Waals surface area contributed by atoms with Gasteiger partial charge >= 0.3 is 0 Å². The van der Waals surface area contributed by atoms with E-state index in [1.807, 2.05) is 18.2 Å². The number of aryl methyl sites for hydroxylation is 1. The number of benzene rings is 2. The largest absolute Gasteiger partial charge is 0.496 e. The number of aromatic nitrogens is 3. The molecule has 3 heterocycles. The summed E-state index contributed by atoms with van der Waals surface area (Å²) in [6.45, 7) is 5.89. The quantitative estimate of drug-likeness (QED) is 0.425. The maximum absolute atomic E-state index is 13.8. The van der Waals surface area contributed by atoms with Crippen LogP contribution in [-0.4, -0.2) is 58.6 Å². The summed E-state index contributed by atoms with van der Waals surface area (Å²) in [5, 5.41) is 0. The topological polar surface area (TPSA) is 76.6 Å². The van der Waals surface area contributed by atoms with Gasteiger partial charge < -0.3 is 23.5 Å². The molecule has 1 amide bonds. The number of hydrogen-bond donors (Lipinski definition) is 0. The van der Waals surface area contributed by atoms with Crippen LogP contribution in [0.1, 0.15) is 18.9 Å². The second-order valence-electron chi connectivity index (χ2n) is 8.52. The van der Waals surface area contributed by atoms with Crippen LogP contribution in [0, 0.1) is 18.6 Å². The fraction of sp³-hybridized carbons (Fsp3) is 0.320. The predicted octanol–water partition coefficient (Wildman–Crippen LogP) is 4.20. The van der Waals surface area contributed by atoms with Crippen molar-refractivity contribution in [3.05, 3.63) is 60.4 Å². The molecule has 1 unspecified atom stereocenters. The molecule has 2 aromatic carbocycles. The second kappa shape index (κ2) is 9.01. The molecule has 5 rings (SSSR count). The Kier molecular flexibility index (Phi) is 5.88. The molecule has 35 heavy (non-hydrogen) atoms. The van der Waals surface area contributed by atoms with Crippen molar-refractivity contribution in [1.29, 1.82) is 0 Å². The number of rotatable bonds is 5. The zero-order valence-electron chi connectivity index (χ0n) is 19.7. The molecule has 0 bridgehead atoms. The van der Waals surface area contributed by atoms with Crippen LogP contribution in [0.4, 0.5) is 14.5 Å². The van der Waals surface area contributed by atoms with Crippen molar-refractivity contribution in [1.82, 2.24) is 19.4 Å². The van der Waals surface area contributed by atoms with Gasteiger partial charge in [0.25, 0.3) is 0 Å². The van der Waals surface area contributed by atoms with E-state index in [9.17, 15) is 13.6 Å². The van der Waals surface area contributed by atoms with Gasteiger partial charge in [-0.05, 0) is 19.1 Å². The molecule has 0 aliphatic carbocycles. The maximum atomic E-state index is 13.8. The van der Waals surface area contributed by atoms with Gasteiger partial charge in [-0.15, -0.1) is 0 Å². The minimum absolute atomic E-state index is 0.0951. The van der Waals surface area contributed by atoms with Gasteiger partial charge in [-0.1, -0.05) is 0 Å². The zero-order chi connectivity index (χ0) is 24.7. The number of amides is 1. The van der Waals surface area contributed by atoms with E-state index in [2.05, 4.69) is 14.9 Å². The first kappa shape index (κ1) is 22.8. The monoisotopic (exact) mass is 481 g/mol. The van der Waals surface area contributed by atoms with Crippen LogP contribution in [0.25, 0.3) is 22.4 Å². The van der Waals surface area contributed by atoms with Crippen LogP contribution in [0.15, 0.2) is 47.3 Å². The molecule has 0 saturated carbocycles. The average molecular weight is 482 g/mol. The highest BCUT2D eigenvalue weighted by Crippen LogP contribution is 2.34. The lowest BCUT2D eigenvalue weighted by Gasteiger charge is -2.37. The summed E-state index contributed by atoms with van der Waals surface area (Å²) in [4.78, 5) is 25.4. The van der Waals surface area contributed by atoms with E-state index < -0.39 is 17.7 Å². The molecule has 0 spiro atoms. The number of nitrogens with zero attached hydrogens (tertiary/aromatic N) is 5. The van der Waals surface area contributed by atoms with Crippen molar-refractivity contribution in [2.45, 2.75) is 19.9 Å². The molecular weight excluding hydrogens is 456 g/mol. The minimum atomic E-state index is -0.965. The number of methoxy groups -OCH3 is 1. The fourth-order valence-corrected chi connectivity index (χ4v) is 4.47. The van der Waals surface area contributed by atoms with E-state index in [0.29, 0.717) is 54.6 Å². The molecule has 1 atom stereocenters. The Hall–Kier alpha value is -3.95. The molecule has 1 aliphatic heterocycles. The predicted molar refractivity (Wildman–Crippen MR) is 126 cm³/mol. The Morgan fingerprint density at radius 2 is 1.83 bits per heavy atom. The van der Waals surface area contributed by atoms with Crippen LogP contribution in [0.2, 0.25) is 0 Å². The van der Waals surface area contributed by atoms with Crippen molar-refractivity contribution >= 4 is 22.6 Å². The van der Waals surface area contributed by atoms with Crippen molar-refractivity contribution in [3.8, 4) is 17.1 Å². The first-order chi connectivity index (χ1) is 16.9. The number of anilines is 1. The summed E-state index contributed by atoms with van der Waals surface area (Å²) >= 11 is 0. The lowest BCUT2D eigenvalue weighted by molar-refractivity contribution is -0.134. The first-order valence-electron chi connectivity index (χ1n) is 11.3. The number of hydrogen-bond acceptors (Lipinski definition) is 6. The SMILES string of the molecule is COc1cc(N2CCN(C(=O)C(C)n3cnc4cc(F)c(F)cc43)CC2)ccc1-c1cnc(C)o1. The van der Waals surface area contributed by atoms with E-state index in [1.54, 1.807) is 36.6 Å². The lowest BCUT2D eigenvalue weighted by Crippen LogP contribution is -2.50. The molecule has 182 valence electrons. The summed E-state index contributed by atoms with van der Waals surface area (Å²) in [5.74, 6) is -0.110. The second-order valence-corrected chi connectivity index (χ2v) is 8.52. The van der Waals surface area contributed by atoms with Gasteiger partial charge in [0.2, 0.25) is 5.91 Å². The molecule has 2 aromatic heterocycles.